The van der Waals surface area contributed by atoms with E-state index in [2.05, 4.69) is 11.1 Å². The highest BCUT2D eigenvalue weighted by Crippen LogP contribution is 2.47. The summed E-state index contributed by atoms with van der Waals surface area (Å²) in [4.78, 5) is 18.9. The van der Waals surface area contributed by atoms with Crippen molar-refractivity contribution in [1.82, 2.24) is 9.88 Å². The van der Waals surface area contributed by atoms with Gasteiger partial charge in [-0.3, -0.25) is 14.3 Å². The number of ether oxygens (including phenoxy) is 1. The number of amides is 1. The fourth-order valence-electron chi connectivity index (χ4n) is 3.91. The van der Waals surface area contributed by atoms with Gasteiger partial charge >= 0.3 is 0 Å². The van der Waals surface area contributed by atoms with Gasteiger partial charge in [0, 0.05) is 23.4 Å². The number of carbonyl (C=O) groups is 1. The van der Waals surface area contributed by atoms with Gasteiger partial charge in [0.1, 0.15) is 24.0 Å². The van der Waals surface area contributed by atoms with Crippen LogP contribution in [-0.4, -0.2) is 47.7 Å². The van der Waals surface area contributed by atoms with Gasteiger partial charge in [-0.05, 0) is 24.7 Å². The van der Waals surface area contributed by atoms with Gasteiger partial charge < -0.3 is 9.64 Å². The van der Waals surface area contributed by atoms with E-state index in [1.807, 2.05) is 13.8 Å². The lowest BCUT2D eigenvalue weighted by atomic mass is 9.62. The van der Waals surface area contributed by atoms with E-state index >= 15 is 0 Å². The van der Waals surface area contributed by atoms with Crippen LogP contribution in [0.5, 0.6) is 5.75 Å². The molecule has 0 aromatic carbocycles. The Hall–Kier alpha value is -2.18. The summed E-state index contributed by atoms with van der Waals surface area (Å²) in [5, 5.41) is 9.20. The molecule has 2 aliphatic rings. The van der Waals surface area contributed by atoms with Crippen molar-refractivity contribution in [2.24, 2.45) is 17.3 Å². The van der Waals surface area contributed by atoms with Crippen molar-refractivity contribution in [2.45, 2.75) is 33.2 Å². The first-order valence-electron chi connectivity index (χ1n) is 8.86. The maximum Gasteiger partial charge on any atom is 0.265 e. The number of nitriles is 1. The largest absolute Gasteiger partial charge is 0.490 e. The zero-order valence-corrected chi connectivity index (χ0v) is 16.2. The summed E-state index contributed by atoms with van der Waals surface area (Å²) in [6, 6.07) is 2.06. The van der Waals surface area contributed by atoms with Crippen molar-refractivity contribution < 1.29 is 22.5 Å². The molecule has 0 bridgehead atoms. The zero-order valence-electron chi connectivity index (χ0n) is 15.4. The Morgan fingerprint density at radius 1 is 1.44 bits per heavy atom. The SMILES string of the molecule is CC(C)(C(=O)N1CCOc2c(C#N)cncc2C1)C1CC(CS(=O)(=O)O)C1. The van der Waals surface area contributed by atoms with Gasteiger partial charge in [0.05, 0.1) is 18.8 Å². The van der Waals surface area contributed by atoms with Gasteiger partial charge in [-0.25, -0.2) is 0 Å². The summed E-state index contributed by atoms with van der Waals surface area (Å²) in [6.07, 6.45) is 4.25. The third-order valence-electron chi connectivity index (χ3n) is 5.60. The van der Waals surface area contributed by atoms with E-state index in [1.54, 1.807) is 11.1 Å². The van der Waals surface area contributed by atoms with Crippen LogP contribution in [0.25, 0.3) is 0 Å². The quantitative estimate of drug-likeness (QED) is 0.772. The molecule has 3 rings (SSSR count). The van der Waals surface area contributed by atoms with Crippen molar-refractivity contribution in [2.75, 3.05) is 18.9 Å². The van der Waals surface area contributed by atoms with Gasteiger partial charge in [0.15, 0.2) is 0 Å². The molecule has 1 amide bonds. The van der Waals surface area contributed by atoms with E-state index in [-0.39, 0.29) is 23.5 Å². The molecule has 9 heteroatoms. The van der Waals surface area contributed by atoms with E-state index in [1.165, 1.54) is 6.20 Å². The molecule has 8 nitrogen and oxygen atoms in total. The molecule has 0 atom stereocenters. The number of nitrogens with zero attached hydrogens (tertiary/aromatic N) is 3. The summed E-state index contributed by atoms with van der Waals surface area (Å²) in [6.45, 7) is 4.77. The molecule has 2 heterocycles. The van der Waals surface area contributed by atoms with Crippen LogP contribution in [0, 0.1) is 28.6 Å². The monoisotopic (exact) mass is 393 g/mol. The smallest absolute Gasteiger partial charge is 0.265 e. The predicted octanol–water partition coefficient (Wildman–Crippen LogP) is 1.61. The number of rotatable bonds is 4. The average Bonchev–Trinajstić information content (AvgIpc) is 2.78. The van der Waals surface area contributed by atoms with Gasteiger partial charge in [0.25, 0.3) is 10.1 Å². The van der Waals surface area contributed by atoms with Crippen molar-refractivity contribution in [3.05, 3.63) is 23.5 Å². The molecule has 1 saturated carbocycles. The minimum atomic E-state index is -3.98. The van der Waals surface area contributed by atoms with Crippen LogP contribution in [-0.2, 0) is 21.5 Å². The fraction of sp³-hybridized carbons (Fsp3) is 0.611. The fourth-order valence-corrected chi connectivity index (χ4v) is 4.78. The van der Waals surface area contributed by atoms with E-state index < -0.39 is 15.5 Å². The molecule has 27 heavy (non-hydrogen) atoms. The molecule has 1 aromatic rings. The van der Waals surface area contributed by atoms with Crippen LogP contribution >= 0.6 is 0 Å². The number of hydrogen-bond donors (Lipinski definition) is 1. The Morgan fingerprint density at radius 3 is 2.78 bits per heavy atom. The number of aromatic nitrogens is 1. The molecule has 0 radical (unpaired) electrons. The second kappa shape index (κ2) is 7.09. The molecule has 0 spiro atoms. The van der Waals surface area contributed by atoms with Crippen molar-refractivity contribution in [3.8, 4) is 11.8 Å². The second-order valence-corrected chi connectivity index (χ2v) is 9.36. The maximum absolute atomic E-state index is 13.2. The molecule has 0 saturated heterocycles. The molecule has 1 fully saturated rings. The van der Waals surface area contributed by atoms with Crippen molar-refractivity contribution in [3.63, 3.8) is 0 Å². The average molecular weight is 393 g/mol. The van der Waals surface area contributed by atoms with Crippen molar-refractivity contribution in [1.29, 1.82) is 5.26 Å². The Morgan fingerprint density at radius 2 is 2.15 bits per heavy atom. The standard InChI is InChI=1S/C18H23N3O5S/c1-18(2,15-5-12(6-15)11-27(23,24)25)17(22)21-3-4-26-16-13(7-19)8-20-9-14(16)10-21/h8-9,12,15H,3-6,10-11H2,1-2H3,(H,23,24,25). The molecule has 1 aliphatic carbocycles. The molecule has 1 aromatic heterocycles. The number of fused-ring (bicyclic) bond motifs is 1. The molecule has 1 aliphatic heterocycles. The molecular weight excluding hydrogens is 370 g/mol. The van der Waals surface area contributed by atoms with Crippen LogP contribution in [0.3, 0.4) is 0 Å². The van der Waals surface area contributed by atoms with Crippen LogP contribution in [0.2, 0.25) is 0 Å². The molecular formula is C18H23N3O5S. The molecule has 1 N–H and O–H groups in total. The van der Waals surface area contributed by atoms with Crippen LogP contribution in [0.1, 0.15) is 37.8 Å². The first kappa shape index (κ1) is 19.6. The summed E-state index contributed by atoms with van der Waals surface area (Å²) in [5.74, 6) is 0.159. The van der Waals surface area contributed by atoms with E-state index in [9.17, 15) is 18.5 Å². The number of pyridine rings is 1. The summed E-state index contributed by atoms with van der Waals surface area (Å²) < 4.78 is 36.7. The summed E-state index contributed by atoms with van der Waals surface area (Å²) in [5.41, 5.74) is 0.405. The zero-order chi connectivity index (χ0) is 19.8. The minimum absolute atomic E-state index is 0.0309. The number of carbonyl (C=O) groups excluding carboxylic acids is 1. The van der Waals surface area contributed by atoms with Crippen LogP contribution < -0.4 is 4.74 Å². The highest BCUT2D eigenvalue weighted by molar-refractivity contribution is 7.85. The number of hydrogen-bond acceptors (Lipinski definition) is 6. The Kier molecular flexibility index (Phi) is 5.14. The third-order valence-corrected chi connectivity index (χ3v) is 6.49. The predicted molar refractivity (Wildman–Crippen MR) is 96.3 cm³/mol. The van der Waals surface area contributed by atoms with E-state index in [0.29, 0.717) is 49.4 Å². The first-order valence-corrected chi connectivity index (χ1v) is 10.5. The van der Waals surface area contributed by atoms with Gasteiger partial charge in [-0.1, -0.05) is 13.8 Å². The third kappa shape index (κ3) is 4.06. The van der Waals surface area contributed by atoms with Gasteiger partial charge in [-0.2, -0.15) is 13.7 Å². The normalized spacial score (nSPS) is 22.7. The first-order chi connectivity index (χ1) is 12.6. The second-order valence-electron chi connectivity index (χ2n) is 7.87. The minimum Gasteiger partial charge on any atom is -0.490 e. The summed E-state index contributed by atoms with van der Waals surface area (Å²) >= 11 is 0. The lowest BCUT2D eigenvalue weighted by Gasteiger charge is -2.45. The van der Waals surface area contributed by atoms with Crippen molar-refractivity contribution >= 4 is 16.0 Å². The van der Waals surface area contributed by atoms with Gasteiger partial charge in [0.2, 0.25) is 5.91 Å². The van der Waals surface area contributed by atoms with Crippen LogP contribution in [0.15, 0.2) is 12.4 Å². The lowest BCUT2D eigenvalue weighted by molar-refractivity contribution is -0.147. The Labute approximate surface area is 158 Å². The molecule has 146 valence electrons. The summed E-state index contributed by atoms with van der Waals surface area (Å²) in [7, 11) is -3.98. The van der Waals surface area contributed by atoms with Crippen LogP contribution in [0.4, 0.5) is 0 Å². The highest BCUT2D eigenvalue weighted by Gasteiger charge is 2.47. The topological polar surface area (TPSA) is 121 Å². The van der Waals surface area contributed by atoms with Gasteiger partial charge in [-0.15, -0.1) is 0 Å². The maximum atomic E-state index is 13.2. The lowest BCUT2D eigenvalue weighted by Crippen LogP contribution is -2.49. The molecule has 0 unspecified atom stereocenters. The Balaban J connectivity index is 1.71. The Bertz CT molecular complexity index is 885. The van der Waals surface area contributed by atoms with E-state index in [4.69, 9.17) is 9.29 Å². The van der Waals surface area contributed by atoms with E-state index in [0.717, 1.165) is 0 Å². The highest BCUT2D eigenvalue weighted by atomic mass is 32.2.